The van der Waals surface area contributed by atoms with Crippen LogP contribution in [0.2, 0.25) is 0 Å². The van der Waals surface area contributed by atoms with E-state index in [2.05, 4.69) is 0 Å². The first-order valence-electron chi connectivity index (χ1n) is 13.1. The van der Waals surface area contributed by atoms with Gasteiger partial charge in [0.05, 0.1) is 11.1 Å². The van der Waals surface area contributed by atoms with Crippen LogP contribution >= 0.6 is 0 Å². The summed E-state index contributed by atoms with van der Waals surface area (Å²) in [5.41, 5.74) is 1.28. The summed E-state index contributed by atoms with van der Waals surface area (Å²) in [7, 11) is 0. The number of aldehydes is 2. The van der Waals surface area contributed by atoms with Crippen LogP contribution in [-0.4, -0.2) is 44.1 Å². The second kappa shape index (κ2) is 10.3. The molecule has 0 spiro atoms. The van der Waals surface area contributed by atoms with Crippen molar-refractivity contribution in [1.29, 1.82) is 0 Å². The average Bonchev–Trinajstić information content (AvgIpc) is 2.87. The molecule has 4 aromatic rings. The summed E-state index contributed by atoms with van der Waals surface area (Å²) in [5, 5.41) is 56.5. The highest BCUT2D eigenvalue weighted by molar-refractivity contribution is 6.14. The van der Waals surface area contributed by atoms with Gasteiger partial charge in [0, 0.05) is 39.9 Å². The maximum absolute atomic E-state index is 12.4. The summed E-state index contributed by atoms with van der Waals surface area (Å²) < 4.78 is 5.22. The molecule has 0 heterocycles. The van der Waals surface area contributed by atoms with Gasteiger partial charge in [0.2, 0.25) is 0 Å². The van der Waals surface area contributed by atoms with E-state index in [9.17, 15) is 39.9 Å². The maximum atomic E-state index is 12.4. The van der Waals surface area contributed by atoms with Gasteiger partial charge in [-0.25, -0.2) is 0 Å². The Kier molecular flexibility index (Phi) is 7.34. The highest BCUT2D eigenvalue weighted by Crippen LogP contribution is 2.54. The van der Waals surface area contributed by atoms with Crippen molar-refractivity contribution in [2.24, 2.45) is 0 Å². The molecule has 0 atom stereocenters. The predicted molar refractivity (Wildman–Crippen MR) is 155 cm³/mol. The maximum Gasteiger partial charge on any atom is 0.308 e. The van der Waals surface area contributed by atoms with Crippen LogP contribution < -0.4 is 4.74 Å². The van der Waals surface area contributed by atoms with Gasteiger partial charge in [-0.15, -0.1) is 0 Å². The first-order valence-corrected chi connectivity index (χ1v) is 13.1. The number of rotatable bonds is 6. The van der Waals surface area contributed by atoms with E-state index in [-0.39, 0.29) is 44.9 Å². The van der Waals surface area contributed by atoms with Crippen LogP contribution in [0.15, 0.2) is 12.1 Å². The second-order valence-electron chi connectivity index (χ2n) is 10.8. The van der Waals surface area contributed by atoms with E-state index in [1.54, 1.807) is 53.7 Å². The lowest BCUT2D eigenvalue weighted by Crippen LogP contribution is -2.07. The Morgan fingerprint density at radius 1 is 0.683 bits per heavy atom. The van der Waals surface area contributed by atoms with E-state index in [0.29, 0.717) is 45.6 Å². The minimum Gasteiger partial charge on any atom is -0.507 e. The van der Waals surface area contributed by atoms with Gasteiger partial charge >= 0.3 is 5.97 Å². The molecule has 5 N–H and O–H groups in total. The summed E-state index contributed by atoms with van der Waals surface area (Å²) in [6, 6.07) is 3.30. The molecule has 0 bridgehead atoms. The zero-order valence-electron chi connectivity index (χ0n) is 23.8. The van der Waals surface area contributed by atoms with E-state index >= 15 is 0 Å². The van der Waals surface area contributed by atoms with Gasteiger partial charge in [-0.2, -0.15) is 0 Å². The van der Waals surface area contributed by atoms with Crippen molar-refractivity contribution < 1.29 is 44.7 Å². The largest absolute Gasteiger partial charge is 0.507 e. The lowest BCUT2D eigenvalue weighted by Gasteiger charge is -2.23. The summed E-state index contributed by atoms with van der Waals surface area (Å²) >= 11 is 0. The molecule has 0 aliphatic rings. The third-order valence-electron chi connectivity index (χ3n) is 7.45. The van der Waals surface area contributed by atoms with Crippen molar-refractivity contribution in [2.75, 3.05) is 0 Å². The minimum atomic E-state index is -0.780. The van der Waals surface area contributed by atoms with Crippen LogP contribution in [-0.2, 0) is 4.79 Å². The number of hydrogen-bond donors (Lipinski definition) is 5. The van der Waals surface area contributed by atoms with Crippen molar-refractivity contribution in [1.82, 2.24) is 0 Å². The lowest BCUT2D eigenvalue weighted by atomic mass is 9.83. The minimum absolute atomic E-state index is 0.00396. The summed E-state index contributed by atoms with van der Waals surface area (Å²) in [4.78, 5) is 36.3. The van der Waals surface area contributed by atoms with Gasteiger partial charge < -0.3 is 30.3 Å². The molecular weight excluding hydrogens is 528 g/mol. The molecule has 0 amide bonds. The van der Waals surface area contributed by atoms with E-state index in [1.807, 2.05) is 0 Å². The van der Waals surface area contributed by atoms with Crippen molar-refractivity contribution in [3.63, 3.8) is 0 Å². The summed E-state index contributed by atoms with van der Waals surface area (Å²) in [6.07, 6.45) is 0.706. The van der Waals surface area contributed by atoms with Crippen molar-refractivity contribution in [3.8, 4) is 45.6 Å². The molecule has 4 aromatic carbocycles. The zero-order valence-corrected chi connectivity index (χ0v) is 23.8. The number of benzene rings is 4. The summed E-state index contributed by atoms with van der Waals surface area (Å²) in [5.74, 6) is -4.14. The zero-order chi connectivity index (χ0) is 30.7. The third-order valence-corrected chi connectivity index (χ3v) is 7.45. The molecule has 9 nitrogen and oxygen atoms in total. The number of aryl methyl sites for hydroxylation is 2. The third kappa shape index (κ3) is 4.28. The van der Waals surface area contributed by atoms with Crippen molar-refractivity contribution in [3.05, 3.63) is 45.5 Å². The number of aromatic hydroxyl groups is 5. The Morgan fingerprint density at radius 2 is 1.10 bits per heavy atom. The normalized spacial score (nSPS) is 11.5. The molecule has 0 saturated heterocycles. The van der Waals surface area contributed by atoms with Gasteiger partial charge in [-0.1, -0.05) is 39.8 Å². The first kappa shape index (κ1) is 29.2. The van der Waals surface area contributed by atoms with Gasteiger partial charge in [-0.05, 0) is 47.6 Å². The van der Waals surface area contributed by atoms with E-state index in [4.69, 9.17) is 4.74 Å². The smallest absolute Gasteiger partial charge is 0.308 e. The molecule has 214 valence electrons. The van der Waals surface area contributed by atoms with Crippen LogP contribution in [0.1, 0.15) is 89.4 Å². The number of phenolic OH excluding ortho intramolecular Hbond substituents is 5. The van der Waals surface area contributed by atoms with Crippen LogP contribution in [0.4, 0.5) is 0 Å². The fraction of sp³-hybridized carbons (Fsp3) is 0.281. The van der Waals surface area contributed by atoms with E-state index < -0.39 is 40.5 Å². The molecule has 0 aromatic heterocycles. The molecule has 0 unspecified atom stereocenters. The van der Waals surface area contributed by atoms with Crippen LogP contribution in [0.5, 0.6) is 34.5 Å². The van der Waals surface area contributed by atoms with Crippen molar-refractivity contribution in [2.45, 2.75) is 60.3 Å². The molecular formula is C32H32O9. The number of esters is 1. The number of fused-ring (bicyclic) bond motifs is 2. The van der Waals surface area contributed by atoms with Gasteiger partial charge in [-0.3, -0.25) is 14.4 Å². The molecule has 4 rings (SSSR count). The topological polar surface area (TPSA) is 162 Å². The average molecular weight is 561 g/mol. The van der Waals surface area contributed by atoms with E-state index in [1.165, 1.54) is 0 Å². The number of ether oxygens (including phenoxy) is 1. The second-order valence-corrected chi connectivity index (χ2v) is 10.8. The highest BCUT2D eigenvalue weighted by Gasteiger charge is 2.30. The lowest BCUT2D eigenvalue weighted by molar-refractivity contribution is -0.132. The van der Waals surface area contributed by atoms with Crippen LogP contribution in [0.25, 0.3) is 32.7 Å². The summed E-state index contributed by atoms with van der Waals surface area (Å²) in [6.45, 7) is 11.6. The Hall–Kier alpha value is -4.79. The first-order chi connectivity index (χ1) is 19.2. The SMILES string of the molecule is CC(=O)Oc1c(O)c(C(C)C)c2cc(C)c(-c3c(C)cc4c(C(C)C)c(O)c(O)c(C=O)c4c3O)c(O)c2c1C=O. The standard InChI is InChI=1S/C32H32O9/c1-12(2)21-17-8-14(5)23(28(37)25(17)19(10-33)27(36)30(21)39)24-15(6)9-18-22(13(3)4)31(40)32(41-16(7)35)20(11-34)26(18)29(24)38/h8-13,36-40H,1-7H3. The van der Waals surface area contributed by atoms with Crippen LogP contribution in [0.3, 0.4) is 0 Å². The monoisotopic (exact) mass is 560 g/mol. The fourth-order valence-corrected chi connectivity index (χ4v) is 5.84. The predicted octanol–water partition coefficient (Wildman–Crippen LogP) is 6.60. The van der Waals surface area contributed by atoms with Crippen molar-refractivity contribution >= 4 is 40.1 Å². The molecule has 0 radical (unpaired) electrons. The quantitative estimate of drug-likeness (QED) is 0.0757. The Bertz CT molecular complexity index is 1800. The number of carbonyl (C=O) groups is 3. The van der Waals surface area contributed by atoms with Gasteiger partial charge in [0.25, 0.3) is 0 Å². The highest BCUT2D eigenvalue weighted by atomic mass is 16.5. The van der Waals surface area contributed by atoms with Gasteiger partial charge in [0.15, 0.2) is 35.6 Å². The Morgan fingerprint density at radius 3 is 1.49 bits per heavy atom. The molecule has 41 heavy (non-hydrogen) atoms. The van der Waals surface area contributed by atoms with E-state index in [0.717, 1.165) is 6.92 Å². The fourth-order valence-electron chi connectivity index (χ4n) is 5.84. The van der Waals surface area contributed by atoms with Crippen LogP contribution in [0, 0.1) is 13.8 Å². The number of phenols is 5. The Balaban J connectivity index is 2.28. The number of hydrogen-bond acceptors (Lipinski definition) is 9. The molecule has 0 fully saturated rings. The Labute approximate surface area is 236 Å². The molecule has 0 aliphatic carbocycles. The molecule has 9 heteroatoms. The van der Waals surface area contributed by atoms with Gasteiger partial charge in [0.1, 0.15) is 11.5 Å². The molecule has 0 saturated carbocycles. The molecule has 0 aliphatic heterocycles. The number of carbonyl (C=O) groups excluding carboxylic acids is 3.